The van der Waals surface area contributed by atoms with E-state index in [9.17, 15) is 14.7 Å². The van der Waals surface area contributed by atoms with Crippen molar-refractivity contribution in [3.8, 4) is 11.5 Å². The lowest BCUT2D eigenvalue weighted by Crippen LogP contribution is -2.52. The van der Waals surface area contributed by atoms with Crippen molar-refractivity contribution >= 4 is 17.6 Å². The Morgan fingerprint density at radius 3 is 2.21 bits per heavy atom. The maximum atomic E-state index is 12.4. The number of carbonyl (C=O) groups is 2. The number of anilines is 1. The van der Waals surface area contributed by atoms with E-state index in [2.05, 4.69) is 10.2 Å². The Morgan fingerprint density at radius 1 is 1.00 bits per heavy atom. The van der Waals surface area contributed by atoms with E-state index in [0.717, 1.165) is 18.8 Å². The van der Waals surface area contributed by atoms with E-state index in [1.165, 1.54) is 0 Å². The maximum absolute atomic E-state index is 12.4. The van der Waals surface area contributed by atoms with Crippen LogP contribution in [0.15, 0.2) is 54.6 Å². The van der Waals surface area contributed by atoms with Crippen molar-refractivity contribution in [1.29, 1.82) is 0 Å². The van der Waals surface area contributed by atoms with Crippen molar-refractivity contribution in [3.05, 3.63) is 54.6 Å². The van der Waals surface area contributed by atoms with Crippen LogP contribution in [0.1, 0.15) is 6.42 Å². The summed E-state index contributed by atoms with van der Waals surface area (Å²) in [5, 5.41) is 12.3. The van der Waals surface area contributed by atoms with Crippen LogP contribution in [0.5, 0.6) is 11.5 Å². The number of para-hydroxylation sites is 1. The van der Waals surface area contributed by atoms with Crippen LogP contribution in [0.25, 0.3) is 0 Å². The SMILES string of the molecule is CN1CCN([C@@H](CC(=O)Nc2ccc(Oc3ccccc3)cc2)C(=O)O)CC1. The Balaban J connectivity index is 1.55. The number of carboxylic acids is 1. The van der Waals surface area contributed by atoms with E-state index in [4.69, 9.17) is 4.74 Å². The van der Waals surface area contributed by atoms with Crippen molar-refractivity contribution in [2.24, 2.45) is 0 Å². The van der Waals surface area contributed by atoms with Gasteiger partial charge >= 0.3 is 5.97 Å². The molecule has 1 aliphatic rings. The van der Waals surface area contributed by atoms with Gasteiger partial charge in [0.2, 0.25) is 5.91 Å². The summed E-state index contributed by atoms with van der Waals surface area (Å²) in [5.74, 6) is 0.107. The minimum absolute atomic E-state index is 0.0820. The lowest BCUT2D eigenvalue weighted by Gasteiger charge is -2.35. The fourth-order valence-electron chi connectivity index (χ4n) is 3.12. The number of piperazine rings is 1. The van der Waals surface area contributed by atoms with Crippen molar-refractivity contribution < 1.29 is 19.4 Å². The Bertz CT molecular complexity index is 787. The van der Waals surface area contributed by atoms with Gasteiger partial charge in [0, 0.05) is 31.9 Å². The van der Waals surface area contributed by atoms with Crippen LogP contribution in [-0.2, 0) is 9.59 Å². The quantitative estimate of drug-likeness (QED) is 0.765. The van der Waals surface area contributed by atoms with Crippen molar-refractivity contribution in [3.63, 3.8) is 0 Å². The third-order valence-electron chi connectivity index (χ3n) is 4.76. The molecule has 1 aliphatic heterocycles. The van der Waals surface area contributed by atoms with E-state index in [1.807, 2.05) is 42.3 Å². The molecule has 0 saturated carbocycles. The summed E-state index contributed by atoms with van der Waals surface area (Å²) >= 11 is 0. The highest BCUT2D eigenvalue weighted by Crippen LogP contribution is 2.22. The van der Waals surface area contributed by atoms with Gasteiger partial charge in [-0.1, -0.05) is 18.2 Å². The minimum Gasteiger partial charge on any atom is -0.480 e. The fourth-order valence-corrected chi connectivity index (χ4v) is 3.12. The number of amides is 1. The van der Waals surface area contributed by atoms with Gasteiger partial charge in [0.1, 0.15) is 17.5 Å². The highest BCUT2D eigenvalue weighted by Gasteiger charge is 2.30. The number of nitrogens with one attached hydrogen (secondary N) is 1. The number of rotatable bonds is 7. The number of ether oxygens (including phenoxy) is 1. The Kier molecular flexibility index (Phi) is 6.62. The van der Waals surface area contributed by atoms with E-state index >= 15 is 0 Å². The van der Waals surface area contributed by atoms with Gasteiger partial charge < -0.3 is 20.1 Å². The first-order chi connectivity index (χ1) is 13.5. The number of carbonyl (C=O) groups excluding carboxylic acids is 1. The molecule has 3 rings (SSSR count). The predicted molar refractivity (Wildman–Crippen MR) is 107 cm³/mol. The number of hydrogen-bond donors (Lipinski definition) is 2. The third kappa shape index (κ3) is 5.55. The van der Waals surface area contributed by atoms with Gasteiger partial charge in [-0.15, -0.1) is 0 Å². The van der Waals surface area contributed by atoms with E-state index < -0.39 is 12.0 Å². The van der Waals surface area contributed by atoms with Crippen LogP contribution in [0.4, 0.5) is 5.69 Å². The van der Waals surface area contributed by atoms with Crippen LogP contribution in [0.3, 0.4) is 0 Å². The smallest absolute Gasteiger partial charge is 0.321 e. The monoisotopic (exact) mass is 383 g/mol. The molecule has 0 unspecified atom stereocenters. The first kappa shape index (κ1) is 19.9. The second-order valence-corrected chi connectivity index (χ2v) is 6.89. The number of hydrogen-bond acceptors (Lipinski definition) is 5. The average Bonchev–Trinajstić information content (AvgIpc) is 2.69. The van der Waals surface area contributed by atoms with Gasteiger partial charge in [-0.05, 0) is 43.4 Å². The maximum Gasteiger partial charge on any atom is 0.321 e. The second kappa shape index (κ2) is 9.34. The Labute approximate surface area is 164 Å². The molecule has 2 N–H and O–H groups in total. The Hall–Kier alpha value is -2.90. The largest absolute Gasteiger partial charge is 0.480 e. The lowest BCUT2D eigenvalue weighted by atomic mass is 10.1. The van der Waals surface area contributed by atoms with Crippen LogP contribution in [-0.4, -0.2) is 66.1 Å². The molecular weight excluding hydrogens is 358 g/mol. The summed E-state index contributed by atoms with van der Waals surface area (Å²) in [6, 6.07) is 15.6. The number of benzene rings is 2. The fraction of sp³-hybridized carbons (Fsp3) is 0.333. The highest BCUT2D eigenvalue weighted by molar-refractivity contribution is 5.94. The van der Waals surface area contributed by atoms with E-state index in [1.54, 1.807) is 24.3 Å². The van der Waals surface area contributed by atoms with Crippen LogP contribution in [0.2, 0.25) is 0 Å². The van der Waals surface area contributed by atoms with Crippen molar-refractivity contribution in [2.45, 2.75) is 12.5 Å². The van der Waals surface area contributed by atoms with Crippen LogP contribution >= 0.6 is 0 Å². The summed E-state index contributed by atoms with van der Waals surface area (Å²) in [5.41, 5.74) is 0.605. The highest BCUT2D eigenvalue weighted by atomic mass is 16.5. The number of aliphatic carboxylic acids is 1. The zero-order valence-electron chi connectivity index (χ0n) is 15.9. The standard InChI is InChI=1S/C21H25N3O4/c1-23-11-13-24(14-12-23)19(21(26)27)15-20(25)22-16-7-9-18(10-8-16)28-17-5-3-2-4-6-17/h2-10,19H,11-15H2,1H3,(H,22,25)(H,26,27)/t19-/m0/s1. The van der Waals surface area contributed by atoms with Crippen LogP contribution in [0, 0.1) is 0 Å². The van der Waals surface area contributed by atoms with Gasteiger partial charge in [-0.3, -0.25) is 14.5 Å². The summed E-state index contributed by atoms with van der Waals surface area (Å²) in [7, 11) is 2.00. The van der Waals surface area contributed by atoms with Gasteiger partial charge in [-0.25, -0.2) is 0 Å². The molecule has 7 heteroatoms. The van der Waals surface area contributed by atoms with Gasteiger partial charge in [0.15, 0.2) is 0 Å². The first-order valence-corrected chi connectivity index (χ1v) is 9.29. The molecule has 0 aliphatic carbocycles. The third-order valence-corrected chi connectivity index (χ3v) is 4.76. The lowest BCUT2D eigenvalue weighted by molar-refractivity contribution is -0.145. The molecule has 0 radical (unpaired) electrons. The number of carboxylic acid groups (broad SMARTS) is 1. The van der Waals surface area contributed by atoms with E-state index in [0.29, 0.717) is 24.5 Å². The minimum atomic E-state index is -0.966. The molecule has 28 heavy (non-hydrogen) atoms. The molecule has 0 spiro atoms. The Morgan fingerprint density at radius 2 is 1.61 bits per heavy atom. The first-order valence-electron chi connectivity index (χ1n) is 9.29. The van der Waals surface area contributed by atoms with Gasteiger partial charge in [0.05, 0.1) is 6.42 Å². The topological polar surface area (TPSA) is 82.1 Å². The predicted octanol–water partition coefficient (Wildman–Crippen LogP) is 2.51. The number of likely N-dealkylation sites (N-methyl/N-ethyl adjacent to an activating group) is 1. The molecule has 1 amide bonds. The molecule has 0 bridgehead atoms. The molecule has 7 nitrogen and oxygen atoms in total. The van der Waals surface area contributed by atoms with Crippen molar-refractivity contribution in [2.75, 3.05) is 38.5 Å². The molecule has 2 aromatic carbocycles. The van der Waals surface area contributed by atoms with Gasteiger partial charge in [-0.2, -0.15) is 0 Å². The second-order valence-electron chi connectivity index (χ2n) is 6.89. The summed E-state index contributed by atoms with van der Waals surface area (Å²) in [6.45, 7) is 2.89. The van der Waals surface area contributed by atoms with Crippen molar-refractivity contribution in [1.82, 2.24) is 9.80 Å². The molecule has 1 heterocycles. The molecular formula is C21H25N3O4. The van der Waals surface area contributed by atoms with E-state index in [-0.39, 0.29) is 12.3 Å². The zero-order valence-corrected chi connectivity index (χ0v) is 15.9. The normalized spacial score (nSPS) is 16.3. The number of nitrogens with zero attached hydrogens (tertiary/aromatic N) is 2. The molecule has 1 saturated heterocycles. The molecule has 1 atom stereocenters. The van der Waals surface area contributed by atoms with Crippen LogP contribution < -0.4 is 10.1 Å². The summed E-state index contributed by atoms with van der Waals surface area (Å²) < 4.78 is 5.72. The average molecular weight is 383 g/mol. The zero-order chi connectivity index (χ0) is 19.9. The van der Waals surface area contributed by atoms with Gasteiger partial charge in [0.25, 0.3) is 0 Å². The molecule has 148 valence electrons. The molecule has 1 fully saturated rings. The molecule has 0 aromatic heterocycles. The summed E-state index contributed by atoms with van der Waals surface area (Å²) in [6.07, 6.45) is -0.0820. The molecule has 2 aromatic rings. The summed E-state index contributed by atoms with van der Waals surface area (Å²) in [4.78, 5) is 28.0.